The molecule has 1 rings (SSSR count). The maximum Gasteiger partial charge on any atom is 0.0653 e. The number of nitrogens with one attached hydrogen (secondary N) is 2. The van der Waals surface area contributed by atoms with E-state index in [4.69, 9.17) is 0 Å². The zero-order valence-electron chi connectivity index (χ0n) is 20.7. The van der Waals surface area contributed by atoms with Gasteiger partial charge < -0.3 is 10.6 Å². The third-order valence-corrected chi connectivity index (χ3v) is 7.17. The average Bonchev–Trinajstić information content (AvgIpc) is 2.74. The van der Waals surface area contributed by atoms with Gasteiger partial charge in [-0.3, -0.25) is 0 Å². The fraction of sp³-hybridized carbons (Fsp3) is 0.786. The summed E-state index contributed by atoms with van der Waals surface area (Å²) < 4.78 is 0. The fourth-order valence-electron chi connectivity index (χ4n) is 4.92. The fourth-order valence-corrected chi connectivity index (χ4v) is 4.92. The minimum Gasteiger partial charge on any atom is -0.390 e. The average molecular weight is 417 g/mol. The number of likely N-dealkylation sites (N-methyl/N-ethyl adjacent to an activating group) is 1. The van der Waals surface area contributed by atoms with Crippen LogP contribution < -0.4 is 10.6 Å². The first-order valence-electron chi connectivity index (χ1n) is 12.9. The minimum atomic E-state index is 0.226. The normalized spacial score (nSPS) is 20.2. The van der Waals surface area contributed by atoms with Crippen LogP contribution in [0.25, 0.3) is 0 Å². The van der Waals surface area contributed by atoms with Crippen molar-refractivity contribution in [3.8, 4) is 0 Å². The van der Waals surface area contributed by atoms with Crippen molar-refractivity contribution in [3.63, 3.8) is 0 Å². The summed E-state index contributed by atoms with van der Waals surface area (Å²) in [6.45, 7) is 17.2. The van der Waals surface area contributed by atoms with Crippen molar-refractivity contribution in [3.05, 3.63) is 36.7 Å². The highest BCUT2D eigenvalue weighted by molar-refractivity contribution is 5.10. The molecule has 0 aromatic rings. The smallest absolute Gasteiger partial charge is 0.0653 e. The molecule has 2 unspecified atom stereocenters. The van der Waals surface area contributed by atoms with Crippen LogP contribution in [0.2, 0.25) is 0 Å². The first-order chi connectivity index (χ1) is 14.5. The topological polar surface area (TPSA) is 24.1 Å². The molecule has 1 saturated carbocycles. The Hall–Kier alpha value is -1.18. The molecule has 1 aliphatic rings. The molecule has 2 atom stereocenters. The summed E-state index contributed by atoms with van der Waals surface area (Å²) in [7, 11) is 1.95. The zero-order valence-corrected chi connectivity index (χ0v) is 20.7. The molecule has 2 heteroatoms. The van der Waals surface area contributed by atoms with E-state index in [1.54, 1.807) is 0 Å². The Kier molecular flexibility index (Phi) is 14.8. The lowest BCUT2D eigenvalue weighted by Gasteiger charge is -2.28. The largest absolute Gasteiger partial charge is 0.390 e. The number of hydrogen-bond donors (Lipinski definition) is 2. The van der Waals surface area contributed by atoms with Crippen LogP contribution in [0.4, 0.5) is 0 Å². The van der Waals surface area contributed by atoms with Crippen molar-refractivity contribution in [2.75, 3.05) is 7.05 Å². The summed E-state index contributed by atoms with van der Waals surface area (Å²) in [6, 6.07) is 0.226. The van der Waals surface area contributed by atoms with Crippen LogP contribution in [0.15, 0.2) is 36.7 Å². The lowest BCUT2D eigenvalue weighted by Crippen LogP contribution is -2.34. The van der Waals surface area contributed by atoms with Gasteiger partial charge in [0.25, 0.3) is 0 Å². The van der Waals surface area contributed by atoms with E-state index in [1.807, 2.05) is 14.0 Å². The highest BCUT2D eigenvalue weighted by Gasteiger charge is 2.21. The van der Waals surface area contributed by atoms with Gasteiger partial charge in [-0.05, 0) is 44.4 Å². The van der Waals surface area contributed by atoms with Crippen LogP contribution >= 0.6 is 0 Å². The standard InChI is InChI=1S/C28H52N2/c1-23(2)30-28(26(5)29-6)22-21-24(3)25(4)27-19-17-15-13-11-9-7-8-10-12-14-16-18-20-27/h25,27-30H,1,3,5,7-22H2,2,4,6H3. The maximum absolute atomic E-state index is 4.54. The van der Waals surface area contributed by atoms with Crippen LogP contribution in [0, 0.1) is 11.8 Å². The first kappa shape index (κ1) is 26.9. The van der Waals surface area contributed by atoms with Crippen molar-refractivity contribution >= 4 is 0 Å². The van der Waals surface area contributed by atoms with E-state index in [1.165, 1.54) is 95.5 Å². The summed E-state index contributed by atoms with van der Waals surface area (Å²) in [4.78, 5) is 0. The Morgan fingerprint density at radius 3 is 1.63 bits per heavy atom. The lowest BCUT2D eigenvalue weighted by atomic mass is 9.79. The van der Waals surface area contributed by atoms with Crippen molar-refractivity contribution in [2.24, 2.45) is 11.8 Å². The first-order valence-corrected chi connectivity index (χ1v) is 12.9. The molecule has 2 N–H and O–H groups in total. The monoisotopic (exact) mass is 416 g/mol. The van der Waals surface area contributed by atoms with Crippen molar-refractivity contribution in [1.82, 2.24) is 10.6 Å². The van der Waals surface area contributed by atoms with Gasteiger partial charge in [0.05, 0.1) is 6.04 Å². The highest BCUT2D eigenvalue weighted by Crippen LogP contribution is 2.32. The molecule has 2 nitrogen and oxygen atoms in total. The Morgan fingerprint density at radius 2 is 1.23 bits per heavy atom. The van der Waals surface area contributed by atoms with Crippen LogP contribution in [-0.4, -0.2) is 13.1 Å². The van der Waals surface area contributed by atoms with E-state index in [2.05, 4.69) is 37.3 Å². The van der Waals surface area contributed by atoms with Crippen molar-refractivity contribution in [1.29, 1.82) is 0 Å². The van der Waals surface area contributed by atoms with Gasteiger partial charge in [0.1, 0.15) is 0 Å². The van der Waals surface area contributed by atoms with Gasteiger partial charge in [0, 0.05) is 18.4 Å². The van der Waals surface area contributed by atoms with Crippen LogP contribution in [0.3, 0.4) is 0 Å². The molecule has 0 radical (unpaired) electrons. The van der Waals surface area contributed by atoms with Gasteiger partial charge in [-0.25, -0.2) is 0 Å². The Bertz CT molecular complexity index is 477. The van der Waals surface area contributed by atoms with E-state index >= 15 is 0 Å². The van der Waals surface area contributed by atoms with E-state index in [9.17, 15) is 0 Å². The molecule has 0 amide bonds. The van der Waals surface area contributed by atoms with Gasteiger partial charge in [-0.2, -0.15) is 0 Å². The third-order valence-electron chi connectivity index (χ3n) is 7.17. The molecule has 30 heavy (non-hydrogen) atoms. The second kappa shape index (κ2) is 16.5. The summed E-state index contributed by atoms with van der Waals surface area (Å²) in [6.07, 6.45) is 22.1. The zero-order chi connectivity index (χ0) is 22.2. The number of rotatable bonds is 9. The molecule has 1 fully saturated rings. The van der Waals surface area contributed by atoms with Crippen LogP contribution in [-0.2, 0) is 0 Å². The molecular weight excluding hydrogens is 364 g/mol. The maximum atomic E-state index is 4.54. The predicted octanol–water partition coefficient (Wildman–Crippen LogP) is 8.28. The highest BCUT2D eigenvalue weighted by atomic mass is 15.0. The van der Waals surface area contributed by atoms with E-state index < -0.39 is 0 Å². The molecule has 0 saturated heterocycles. The van der Waals surface area contributed by atoms with Gasteiger partial charge >= 0.3 is 0 Å². The van der Waals surface area contributed by atoms with Crippen molar-refractivity contribution in [2.45, 2.75) is 123 Å². The SMILES string of the molecule is C=C(C)NC(CCC(=C)C(C)C1CCCCCCCCCCCCCC1)C(=C)NC. The summed E-state index contributed by atoms with van der Waals surface area (Å²) in [5.74, 6) is 1.43. The third kappa shape index (κ3) is 11.9. The molecule has 0 aromatic heterocycles. The van der Waals surface area contributed by atoms with Gasteiger partial charge in [-0.15, -0.1) is 0 Å². The number of allylic oxidation sites excluding steroid dienone is 2. The molecule has 0 aromatic carbocycles. The Morgan fingerprint density at radius 1 is 0.800 bits per heavy atom. The van der Waals surface area contributed by atoms with Crippen LogP contribution in [0.1, 0.15) is 117 Å². The quantitative estimate of drug-likeness (QED) is 0.369. The molecular formula is C28H52N2. The Labute approximate surface area is 189 Å². The molecule has 0 aliphatic heterocycles. The molecule has 0 heterocycles. The van der Waals surface area contributed by atoms with Crippen molar-refractivity contribution < 1.29 is 0 Å². The lowest BCUT2D eigenvalue weighted by molar-refractivity contribution is 0.320. The molecule has 1 aliphatic carbocycles. The van der Waals surface area contributed by atoms with Crippen LogP contribution in [0.5, 0.6) is 0 Å². The number of hydrogen-bond acceptors (Lipinski definition) is 2. The Balaban J connectivity index is 2.57. The van der Waals surface area contributed by atoms with Gasteiger partial charge in [0.15, 0.2) is 0 Å². The van der Waals surface area contributed by atoms with E-state index in [-0.39, 0.29) is 6.04 Å². The van der Waals surface area contributed by atoms with E-state index in [0.717, 1.165) is 30.2 Å². The molecule has 174 valence electrons. The van der Waals surface area contributed by atoms with Gasteiger partial charge in [-0.1, -0.05) is 109 Å². The molecule has 0 bridgehead atoms. The second-order valence-electron chi connectivity index (χ2n) is 9.82. The second-order valence-corrected chi connectivity index (χ2v) is 9.82. The molecule has 0 spiro atoms. The predicted molar refractivity (Wildman–Crippen MR) is 136 cm³/mol. The summed E-state index contributed by atoms with van der Waals surface area (Å²) in [5, 5.41) is 6.68. The minimum absolute atomic E-state index is 0.226. The summed E-state index contributed by atoms with van der Waals surface area (Å²) >= 11 is 0. The summed E-state index contributed by atoms with van der Waals surface area (Å²) in [5.41, 5.74) is 3.46. The van der Waals surface area contributed by atoms with Gasteiger partial charge in [0.2, 0.25) is 0 Å². The van der Waals surface area contributed by atoms with E-state index in [0.29, 0.717) is 5.92 Å².